The van der Waals surface area contributed by atoms with Crippen LogP contribution >= 0.6 is 0 Å². The van der Waals surface area contributed by atoms with Crippen molar-refractivity contribution in [1.82, 2.24) is 0 Å². The van der Waals surface area contributed by atoms with Crippen molar-refractivity contribution < 1.29 is 12.8 Å². The van der Waals surface area contributed by atoms with Gasteiger partial charge < -0.3 is 0 Å². The zero-order valence-electron chi connectivity index (χ0n) is 11.2. The average Bonchev–Trinajstić information content (AvgIpc) is 2.28. The molecule has 104 valence electrons. The van der Waals surface area contributed by atoms with E-state index in [0.717, 1.165) is 12.1 Å². The van der Waals surface area contributed by atoms with Gasteiger partial charge in [0.1, 0.15) is 11.9 Å². The van der Waals surface area contributed by atoms with Gasteiger partial charge in [-0.3, -0.25) is 4.72 Å². The Labute approximate surface area is 113 Å². The van der Waals surface area contributed by atoms with E-state index in [9.17, 15) is 12.8 Å². The molecule has 0 bridgehead atoms. The smallest absolute Gasteiger partial charge is 0.232 e. The first-order valence-electron chi connectivity index (χ1n) is 5.83. The van der Waals surface area contributed by atoms with Crippen molar-refractivity contribution in [2.75, 3.05) is 10.5 Å². The number of rotatable bonds is 4. The predicted octanol–water partition coefficient (Wildman–Crippen LogP) is 2.88. The van der Waals surface area contributed by atoms with Crippen LogP contribution in [0.5, 0.6) is 0 Å². The molecule has 1 aromatic rings. The second kappa shape index (κ2) is 5.57. The van der Waals surface area contributed by atoms with Crippen molar-refractivity contribution in [1.29, 1.82) is 5.26 Å². The fourth-order valence-corrected chi connectivity index (χ4v) is 2.85. The third-order valence-corrected chi connectivity index (χ3v) is 3.76. The fourth-order valence-electron chi connectivity index (χ4n) is 1.36. The molecule has 0 fully saturated rings. The first-order valence-corrected chi connectivity index (χ1v) is 7.48. The van der Waals surface area contributed by atoms with Gasteiger partial charge in [0.05, 0.1) is 17.0 Å². The Kier molecular flexibility index (Phi) is 4.53. The van der Waals surface area contributed by atoms with Crippen LogP contribution in [0.15, 0.2) is 18.2 Å². The summed E-state index contributed by atoms with van der Waals surface area (Å²) in [6.45, 7) is 5.84. The van der Waals surface area contributed by atoms with E-state index in [1.54, 1.807) is 6.07 Å². The molecule has 0 aliphatic carbocycles. The number of sulfonamides is 1. The zero-order chi connectivity index (χ0) is 14.7. The van der Waals surface area contributed by atoms with Crippen molar-refractivity contribution >= 4 is 15.7 Å². The molecule has 6 heteroatoms. The topological polar surface area (TPSA) is 70.0 Å². The summed E-state index contributed by atoms with van der Waals surface area (Å²) < 4.78 is 39.0. The number of nitrogens with one attached hydrogen (secondary N) is 1. The molecule has 0 amide bonds. The van der Waals surface area contributed by atoms with Gasteiger partial charge in [-0.1, -0.05) is 20.8 Å². The second-order valence-electron chi connectivity index (χ2n) is 5.53. The summed E-state index contributed by atoms with van der Waals surface area (Å²) in [5.41, 5.74) is -0.0209. The number of nitrogens with zero attached hydrogens (tertiary/aromatic N) is 1. The third kappa shape index (κ3) is 5.26. The lowest BCUT2D eigenvalue weighted by molar-refractivity contribution is 0.397. The van der Waals surface area contributed by atoms with Gasteiger partial charge in [-0.05, 0) is 30.0 Å². The van der Waals surface area contributed by atoms with Gasteiger partial charge in [-0.25, -0.2) is 12.8 Å². The summed E-state index contributed by atoms with van der Waals surface area (Å²) in [6, 6.07) is 5.13. The number of hydrogen-bond acceptors (Lipinski definition) is 3. The highest BCUT2D eigenvalue weighted by Gasteiger charge is 2.18. The Morgan fingerprint density at radius 3 is 2.53 bits per heavy atom. The van der Waals surface area contributed by atoms with Gasteiger partial charge in [0.25, 0.3) is 0 Å². The normalized spacial score (nSPS) is 11.9. The molecule has 19 heavy (non-hydrogen) atoms. The molecule has 0 aromatic heterocycles. The Hall–Kier alpha value is -1.61. The van der Waals surface area contributed by atoms with Crippen molar-refractivity contribution in [3.8, 4) is 6.07 Å². The molecule has 0 aliphatic heterocycles. The monoisotopic (exact) mass is 284 g/mol. The minimum absolute atomic E-state index is 0.0284. The van der Waals surface area contributed by atoms with Crippen molar-refractivity contribution in [3.05, 3.63) is 29.6 Å². The lowest BCUT2D eigenvalue weighted by atomic mass is 9.94. The van der Waals surface area contributed by atoms with E-state index in [-0.39, 0.29) is 22.4 Å². The average molecular weight is 284 g/mol. The molecular weight excluding hydrogens is 267 g/mol. The summed E-state index contributed by atoms with van der Waals surface area (Å²) in [7, 11) is -3.54. The first kappa shape index (κ1) is 15.4. The quantitative estimate of drug-likeness (QED) is 0.924. The van der Waals surface area contributed by atoms with Gasteiger partial charge >= 0.3 is 0 Å². The lowest BCUT2D eigenvalue weighted by Gasteiger charge is -2.18. The van der Waals surface area contributed by atoms with E-state index >= 15 is 0 Å². The molecule has 0 heterocycles. The maximum atomic E-state index is 12.9. The number of halogens is 1. The van der Waals surface area contributed by atoms with E-state index in [4.69, 9.17) is 5.26 Å². The van der Waals surface area contributed by atoms with Gasteiger partial charge in [-0.2, -0.15) is 5.26 Å². The van der Waals surface area contributed by atoms with Crippen LogP contribution in [0.25, 0.3) is 0 Å². The highest BCUT2D eigenvalue weighted by atomic mass is 32.2. The molecule has 0 aliphatic rings. The molecule has 0 spiro atoms. The van der Waals surface area contributed by atoms with Crippen molar-refractivity contribution in [2.24, 2.45) is 5.41 Å². The van der Waals surface area contributed by atoms with E-state index in [2.05, 4.69) is 4.72 Å². The van der Waals surface area contributed by atoms with Crippen LogP contribution in [0.4, 0.5) is 10.1 Å². The summed E-state index contributed by atoms with van der Waals surface area (Å²) >= 11 is 0. The van der Waals surface area contributed by atoms with Crippen LogP contribution in [0.2, 0.25) is 0 Å². The molecule has 1 N–H and O–H groups in total. The van der Waals surface area contributed by atoms with Crippen LogP contribution in [-0.4, -0.2) is 14.2 Å². The van der Waals surface area contributed by atoms with E-state index in [1.165, 1.54) is 6.07 Å². The number of nitriles is 1. The molecule has 1 rings (SSSR count). The maximum absolute atomic E-state index is 12.9. The summed E-state index contributed by atoms with van der Waals surface area (Å²) in [4.78, 5) is 0. The minimum Gasteiger partial charge on any atom is -0.282 e. The second-order valence-corrected chi connectivity index (χ2v) is 7.38. The highest BCUT2D eigenvalue weighted by molar-refractivity contribution is 7.92. The van der Waals surface area contributed by atoms with Gasteiger partial charge in [0.2, 0.25) is 10.0 Å². The van der Waals surface area contributed by atoms with Crippen LogP contribution in [0.3, 0.4) is 0 Å². The van der Waals surface area contributed by atoms with Crippen LogP contribution in [0.1, 0.15) is 32.8 Å². The van der Waals surface area contributed by atoms with Gasteiger partial charge in [0.15, 0.2) is 0 Å². The van der Waals surface area contributed by atoms with E-state index < -0.39 is 15.8 Å². The molecule has 0 saturated heterocycles. The van der Waals surface area contributed by atoms with E-state index in [1.807, 2.05) is 20.8 Å². The molecule has 0 unspecified atom stereocenters. The van der Waals surface area contributed by atoms with Crippen LogP contribution in [-0.2, 0) is 10.0 Å². The molecule has 0 radical (unpaired) electrons. The maximum Gasteiger partial charge on any atom is 0.232 e. The Morgan fingerprint density at radius 2 is 2.00 bits per heavy atom. The number of benzene rings is 1. The first-order chi connectivity index (χ1) is 8.63. The standard InChI is InChI=1S/C13H17FN2O2S/c1-13(2,3)6-7-19(17,18)16-12-5-4-11(14)8-10(12)9-15/h4-5,8,16H,6-7H2,1-3H3. The summed E-state index contributed by atoms with van der Waals surface area (Å²) in [6.07, 6.45) is 0.491. The zero-order valence-corrected chi connectivity index (χ0v) is 12.0. The number of hydrogen-bond donors (Lipinski definition) is 1. The number of anilines is 1. The lowest BCUT2D eigenvalue weighted by Crippen LogP contribution is -2.21. The van der Waals surface area contributed by atoms with Crippen molar-refractivity contribution in [3.63, 3.8) is 0 Å². The summed E-state index contributed by atoms with van der Waals surface area (Å²) in [5, 5.41) is 8.85. The Morgan fingerprint density at radius 1 is 1.37 bits per heavy atom. The fraction of sp³-hybridized carbons (Fsp3) is 0.462. The molecular formula is C13H17FN2O2S. The molecule has 0 atom stereocenters. The SMILES string of the molecule is CC(C)(C)CCS(=O)(=O)Nc1ccc(F)cc1C#N. The van der Waals surface area contributed by atoms with Crippen LogP contribution in [0, 0.1) is 22.6 Å². The molecule has 0 saturated carbocycles. The third-order valence-electron chi connectivity index (χ3n) is 2.49. The highest BCUT2D eigenvalue weighted by Crippen LogP contribution is 2.21. The Balaban J connectivity index is 2.88. The molecule has 1 aromatic carbocycles. The predicted molar refractivity (Wildman–Crippen MR) is 72.6 cm³/mol. The minimum atomic E-state index is -3.54. The van der Waals surface area contributed by atoms with Gasteiger partial charge in [-0.15, -0.1) is 0 Å². The largest absolute Gasteiger partial charge is 0.282 e. The Bertz CT molecular complexity index is 598. The summed E-state index contributed by atoms with van der Waals surface area (Å²) in [5.74, 6) is -0.618. The van der Waals surface area contributed by atoms with Crippen LogP contribution < -0.4 is 4.72 Å². The van der Waals surface area contributed by atoms with Crippen molar-refractivity contribution in [2.45, 2.75) is 27.2 Å². The van der Waals surface area contributed by atoms with Gasteiger partial charge in [0, 0.05) is 0 Å². The van der Waals surface area contributed by atoms with E-state index in [0.29, 0.717) is 6.42 Å². The molecule has 4 nitrogen and oxygen atoms in total.